The molecule has 0 radical (unpaired) electrons. The molecular formula is C34H28N6O4. The zero-order valence-electron chi connectivity index (χ0n) is 24.1. The highest BCUT2D eigenvalue weighted by atomic mass is 16.6. The lowest BCUT2D eigenvalue weighted by molar-refractivity contribution is 0.126. The Morgan fingerprint density at radius 1 is 0.841 bits per heavy atom. The van der Waals surface area contributed by atoms with Gasteiger partial charge < -0.3 is 23.3 Å². The molecule has 44 heavy (non-hydrogen) atoms. The third-order valence-electron chi connectivity index (χ3n) is 7.31. The average Bonchev–Trinajstić information content (AvgIpc) is 3.82. The van der Waals surface area contributed by atoms with Gasteiger partial charge in [-0.25, -0.2) is 14.5 Å². The summed E-state index contributed by atoms with van der Waals surface area (Å²) in [6, 6.07) is 29.9. The van der Waals surface area contributed by atoms with Crippen molar-refractivity contribution < 1.29 is 18.7 Å². The molecule has 0 aliphatic rings. The van der Waals surface area contributed by atoms with Crippen molar-refractivity contribution in [2.45, 2.75) is 13.2 Å². The Balaban J connectivity index is 1.31. The van der Waals surface area contributed by atoms with Gasteiger partial charge >= 0.3 is 0 Å². The molecule has 0 amide bonds. The summed E-state index contributed by atoms with van der Waals surface area (Å²) >= 11 is 0. The van der Waals surface area contributed by atoms with Crippen molar-refractivity contribution in [3.05, 3.63) is 121 Å². The van der Waals surface area contributed by atoms with Crippen LogP contribution in [0.15, 0.2) is 113 Å². The summed E-state index contributed by atoms with van der Waals surface area (Å²) < 4.78 is 20.3. The molecule has 0 saturated carbocycles. The number of ether oxygens (including phenoxy) is 2. The van der Waals surface area contributed by atoms with Gasteiger partial charge in [0.15, 0.2) is 29.6 Å². The number of methoxy groups -OCH3 is 2. The van der Waals surface area contributed by atoms with Gasteiger partial charge in [0.25, 0.3) is 0 Å². The molecule has 7 rings (SSSR count). The van der Waals surface area contributed by atoms with E-state index in [-0.39, 0.29) is 6.61 Å². The number of benzene rings is 3. The van der Waals surface area contributed by atoms with Gasteiger partial charge in [-0.15, -0.1) is 5.10 Å². The lowest BCUT2D eigenvalue weighted by Crippen LogP contribution is -2.03. The third-order valence-corrected chi connectivity index (χ3v) is 7.31. The summed E-state index contributed by atoms with van der Waals surface area (Å²) in [5.41, 5.74) is 6.39. The number of fused-ring (bicyclic) bond motifs is 3. The van der Waals surface area contributed by atoms with E-state index in [1.807, 2.05) is 66.7 Å². The van der Waals surface area contributed by atoms with Crippen molar-refractivity contribution in [3.63, 3.8) is 0 Å². The van der Waals surface area contributed by atoms with Gasteiger partial charge in [-0.05, 0) is 41.5 Å². The van der Waals surface area contributed by atoms with Crippen molar-refractivity contribution in [2.24, 2.45) is 5.16 Å². The molecule has 10 heteroatoms. The molecule has 3 aromatic carbocycles. The van der Waals surface area contributed by atoms with Gasteiger partial charge in [0, 0.05) is 11.1 Å². The van der Waals surface area contributed by atoms with E-state index >= 15 is 0 Å². The maximum absolute atomic E-state index is 5.77. The number of aromatic nitrogens is 5. The smallest absolute Gasteiger partial charge is 0.192 e. The second-order valence-electron chi connectivity index (χ2n) is 9.98. The summed E-state index contributed by atoms with van der Waals surface area (Å²) in [6.07, 6.45) is 4.97. The first-order chi connectivity index (χ1) is 21.7. The van der Waals surface area contributed by atoms with Crippen LogP contribution in [0, 0.1) is 0 Å². The van der Waals surface area contributed by atoms with E-state index in [0.717, 1.165) is 44.7 Å². The fraction of sp³-hybridized carbons (Fsp3) is 0.118. The zero-order chi connectivity index (χ0) is 29.9. The first-order valence-electron chi connectivity index (χ1n) is 14.0. The van der Waals surface area contributed by atoms with Crippen LogP contribution < -0.4 is 9.47 Å². The molecule has 0 aliphatic heterocycles. The van der Waals surface area contributed by atoms with E-state index < -0.39 is 0 Å². The molecule has 0 aliphatic carbocycles. The predicted octanol–water partition coefficient (Wildman–Crippen LogP) is 6.62. The summed E-state index contributed by atoms with van der Waals surface area (Å²) in [6.45, 7) is 0.574. The Hall–Kier alpha value is -5.90. The molecule has 0 saturated heterocycles. The molecule has 7 aromatic rings. The lowest BCUT2D eigenvalue weighted by Gasteiger charge is -2.11. The second kappa shape index (κ2) is 11.8. The van der Waals surface area contributed by atoms with E-state index in [4.69, 9.17) is 28.7 Å². The molecule has 0 atom stereocenters. The maximum Gasteiger partial charge on any atom is 0.192 e. The van der Waals surface area contributed by atoms with Gasteiger partial charge in [-0.3, -0.25) is 0 Å². The van der Waals surface area contributed by atoms with Crippen molar-refractivity contribution in [1.82, 2.24) is 24.1 Å². The summed E-state index contributed by atoms with van der Waals surface area (Å²) in [7, 11) is 3.19. The molecule has 4 aromatic heterocycles. The van der Waals surface area contributed by atoms with Crippen LogP contribution in [0.5, 0.6) is 11.5 Å². The standard InChI is InChI=1S/C34H28N6O4/c1-41-27-16-15-23(18-28(27)42-2)19-36-44-21-29-37-34-31-30(24-10-5-3-6-11-24)32(25-12-7-4-8-13-25)39(20-26-14-9-17-43-26)33(31)35-22-40(34)38-29/h3-19,22H,20-21H2,1-2H3/b36-19+. The fourth-order valence-electron chi connectivity index (χ4n) is 5.36. The van der Waals surface area contributed by atoms with Crippen molar-refractivity contribution in [2.75, 3.05) is 14.2 Å². The van der Waals surface area contributed by atoms with E-state index in [9.17, 15) is 0 Å². The average molecular weight is 585 g/mol. The molecular weight excluding hydrogens is 556 g/mol. The van der Waals surface area contributed by atoms with Gasteiger partial charge in [0.05, 0.1) is 44.3 Å². The van der Waals surface area contributed by atoms with E-state index in [0.29, 0.717) is 29.5 Å². The number of oxime groups is 1. The Labute approximate surface area is 252 Å². The Morgan fingerprint density at radius 2 is 1.61 bits per heavy atom. The highest BCUT2D eigenvalue weighted by Crippen LogP contribution is 2.42. The number of rotatable bonds is 10. The van der Waals surface area contributed by atoms with Crippen LogP contribution in [0.3, 0.4) is 0 Å². The van der Waals surface area contributed by atoms with Crippen molar-refractivity contribution in [1.29, 1.82) is 0 Å². The van der Waals surface area contributed by atoms with Crippen LogP contribution in [0.1, 0.15) is 17.1 Å². The summed E-state index contributed by atoms with van der Waals surface area (Å²) in [4.78, 5) is 15.4. The first kappa shape index (κ1) is 27.0. The van der Waals surface area contributed by atoms with E-state index in [2.05, 4.69) is 39.1 Å². The second-order valence-corrected chi connectivity index (χ2v) is 9.98. The van der Waals surface area contributed by atoms with Crippen LogP contribution >= 0.6 is 0 Å². The van der Waals surface area contributed by atoms with Crippen LogP contribution in [-0.4, -0.2) is 44.6 Å². The van der Waals surface area contributed by atoms with Gasteiger partial charge in [-0.2, -0.15) is 0 Å². The lowest BCUT2D eigenvalue weighted by atomic mass is 9.99. The number of hydrogen-bond donors (Lipinski definition) is 0. The molecule has 0 N–H and O–H groups in total. The van der Waals surface area contributed by atoms with Crippen LogP contribution in [0.4, 0.5) is 0 Å². The minimum absolute atomic E-state index is 0.0757. The molecule has 218 valence electrons. The highest BCUT2D eigenvalue weighted by Gasteiger charge is 2.25. The van der Waals surface area contributed by atoms with E-state index in [1.54, 1.807) is 37.5 Å². The molecule has 4 heterocycles. The Bertz CT molecular complexity index is 2070. The zero-order valence-corrected chi connectivity index (χ0v) is 24.1. The third kappa shape index (κ3) is 5.02. The SMILES string of the molecule is COc1ccc(/C=N/OCc2nc3c4c(-c5ccccc5)c(-c5ccccc5)n(Cc5ccco5)c4ncn3n2)cc1OC. The molecule has 0 unspecified atom stereocenters. The van der Waals surface area contributed by atoms with Crippen LogP contribution in [-0.2, 0) is 18.0 Å². The highest BCUT2D eigenvalue weighted by molar-refractivity contribution is 6.09. The number of hydrogen-bond acceptors (Lipinski definition) is 8. The van der Waals surface area contributed by atoms with Gasteiger partial charge in [0.1, 0.15) is 17.7 Å². The monoisotopic (exact) mass is 584 g/mol. The largest absolute Gasteiger partial charge is 0.493 e. The minimum Gasteiger partial charge on any atom is -0.493 e. The molecule has 0 spiro atoms. The Morgan fingerprint density at radius 3 is 2.34 bits per heavy atom. The van der Waals surface area contributed by atoms with E-state index in [1.165, 1.54) is 0 Å². The van der Waals surface area contributed by atoms with Crippen LogP contribution in [0.2, 0.25) is 0 Å². The van der Waals surface area contributed by atoms with Crippen LogP contribution in [0.25, 0.3) is 39.1 Å². The van der Waals surface area contributed by atoms with Crippen molar-refractivity contribution >= 4 is 22.9 Å². The molecule has 10 nitrogen and oxygen atoms in total. The minimum atomic E-state index is 0.0757. The normalized spacial score (nSPS) is 11.5. The van der Waals surface area contributed by atoms with Gasteiger partial charge in [-0.1, -0.05) is 65.8 Å². The topological polar surface area (TPSA) is 101 Å². The molecule has 0 fully saturated rings. The van der Waals surface area contributed by atoms with Gasteiger partial charge in [0.2, 0.25) is 0 Å². The number of nitrogens with zero attached hydrogens (tertiary/aromatic N) is 6. The fourth-order valence-corrected chi connectivity index (χ4v) is 5.36. The van der Waals surface area contributed by atoms with Crippen molar-refractivity contribution in [3.8, 4) is 33.9 Å². The quantitative estimate of drug-likeness (QED) is 0.132. The summed E-state index contributed by atoms with van der Waals surface area (Å²) in [5, 5.41) is 9.67. The Kier molecular flexibility index (Phi) is 7.21. The maximum atomic E-state index is 5.77. The predicted molar refractivity (Wildman–Crippen MR) is 167 cm³/mol. The summed E-state index contributed by atoms with van der Waals surface area (Å²) in [5.74, 6) is 2.55. The first-order valence-corrected chi connectivity index (χ1v) is 14.0. The molecule has 0 bridgehead atoms. The number of furan rings is 1.